The van der Waals surface area contributed by atoms with E-state index >= 15 is 0 Å². The predicted octanol–water partition coefficient (Wildman–Crippen LogP) is 3.21. The minimum absolute atomic E-state index is 0.0276. The Balaban J connectivity index is 3.20. The molecule has 0 aliphatic heterocycles. The molecule has 0 saturated carbocycles. The van der Waals surface area contributed by atoms with Crippen molar-refractivity contribution in [2.75, 3.05) is 7.11 Å². The molecule has 1 rings (SSSR count). The first kappa shape index (κ1) is 13.0. The van der Waals surface area contributed by atoms with Gasteiger partial charge in [0.2, 0.25) is 0 Å². The van der Waals surface area contributed by atoms with Gasteiger partial charge < -0.3 is 9.84 Å². The number of aliphatic carboxylic acids is 1. The monoisotopic (exact) mass is 286 g/mol. The van der Waals surface area contributed by atoms with Crippen LogP contribution < -0.4 is 4.74 Å². The van der Waals surface area contributed by atoms with E-state index < -0.39 is 5.97 Å². The molecule has 0 bridgehead atoms. The number of halogens is 1. The first-order valence-corrected chi connectivity index (χ1v) is 5.83. The number of carboxylic acids is 1. The van der Waals surface area contributed by atoms with Crippen molar-refractivity contribution in [1.82, 2.24) is 0 Å². The van der Waals surface area contributed by atoms with E-state index in [1.165, 1.54) is 0 Å². The standard InChI is InChI=1S/C12H15BrO3/c1-7(2)9-6-11(16-3)8(4-10(9)13)5-12(14)15/h4,6-7H,5H2,1-3H3,(H,14,15). The van der Waals surface area contributed by atoms with Gasteiger partial charge in [-0.25, -0.2) is 0 Å². The first-order valence-electron chi connectivity index (χ1n) is 5.03. The van der Waals surface area contributed by atoms with Gasteiger partial charge in [0, 0.05) is 10.0 Å². The molecular formula is C12H15BrO3. The fourth-order valence-electron chi connectivity index (χ4n) is 1.54. The van der Waals surface area contributed by atoms with Gasteiger partial charge >= 0.3 is 5.97 Å². The number of ether oxygens (including phenoxy) is 1. The SMILES string of the molecule is COc1cc(C(C)C)c(Br)cc1CC(=O)O. The van der Waals surface area contributed by atoms with Crippen LogP contribution in [0.15, 0.2) is 16.6 Å². The largest absolute Gasteiger partial charge is 0.496 e. The van der Waals surface area contributed by atoms with Crippen LogP contribution in [-0.4, -0.2) is 18.2 Å². The third-order valence-corrected chi connectivity index (χ3v) is 3.05. The summed E-state index contributed by atoms with van der Waals surface area (Å²) in [5.41, 5.74) is 1.80. The molecule has 0 atom stereocenters. The molecule has 0 unspecified atom stereocenters. The maximum Gasteiger partial charge on any atom is 0.307 e. The second kappa shape index (κ2) is 5.34. The normalized spacial score (nSPS) is 10.6. The molecule has 16 heavy (non-hydrogen) atoms. The van der Waals surface area contributed by atoms with Gasteiger partial charge in [-0.2, -0.15) is 0 Å². The first-order chi connectivity index (χ1) is 7.45. The van der Waals surface area contributed by atoms with Gasteiger partial charge in [0.05, 0.1) is 13.5 Å². The number of benzene rings is 1. The lowest BCUT2D eigenvalue weighted by molar-refractivity contribution is -0.136. The lowest BCUT2D eigenvalue weighted by Gasteiger charge is -2.14. The predicted molar refractivity (Wildman–Crippen MR) is 66.1 cm³/mol. The van der Waals surface area contributed by atoms with E-state index in [2.05, 4.69) is 29.8 Å². The Labute approximate surface area is 104 Å². The molecule has 1 N–H and O–H groups in total. The second-order valence-electron chi connectivity index (χ2n) is 3.91. The van der Waals surface area contributed by atoms with E-state index in [4.69, 9.17) is 9.84 Å². The number of rotatable bonds is 4. The third kappa shape index (κ3) is 2.98. The fourth-order valence-corrected chi connectivity index (χ4v) is 2.39. The number of hydrogen-bond donors (Lipinski definition) is 1. The van der Waals surface area contributed by atoms with E-state index in [-0.39, 0.29) is 6.42 Å². The van der Waals surface area contributed by atoms with Crippen LogP contribution in [0.25, 0.3) is 0 Å². The molecule has 0 fully saturated rings. The van der Waals surface area contributed by atoms with E-state index in [0.29, 0.717) is 17.2 Å². The van der Waals surface area contributed by atoms with Crippen LogP contribution in [0.5, 0.6) is 5.75 Å². The Morgan fingerprint density at radius 2 is 2.12 bits per heavy atom. The lowest BCUT2D eigenvalue weighted by Crippen LogP contribution is -2.04. The zero-order chi connectivity index (χ0) is 12.3. The molecule has 0 aliphatic rings. The Kier molecular flexibility index (Phi) is 4.35. The number of methoxy groups -OCH3 is 1. The molecule has 0 amide bonds. The third-order valence-electron chi connectivity index (χ3n) is 2.36. The minimum atomic E-state index is -0.859. The lowest BCUT2D eigenvalue weighted by atomic mass is 10.00. The summed E-state index contributed by atoms with van der Waals surface area (Å²) in [4.78, 5) is 10.7. The second-order valence-corrected chi connectivity index (χ2v) is 4.77. The Bertz CT molecular complexity index is 399. The number of carboxylic acid groups (broad SMARTS) is 1. The summed E-state index contributed by atoms with van der Waals surface area (Å²) in [5, 5.41) is 8.79. The van der Waals surface area contributed by atoms with Gasteiger partial charge in [-0.3, -0.25) is 4.79 Å². The molecule has 0 spiro atoms. The van der Waals surface area contributed by atoms with Crippen molar-refractivity contribution in [2.24, 2.45) is 0 Å². The molecule has 0 radical (unpaired) electrons. The van der Waals surface area contributed by atoms with Gasteiger partial charge in [0.15, 0.2) is 0 Å². The van der Waals surface area contributed by atoms with E-state index in [1.54, 1.807) is 7.11 Å². The van der Waals surface area contributed by atoms with Gasteiger partial charge in [-0.05, 0) is 23.6 Å². The van der Waals surface area contributed by atoms with E-state index in [0.717, 1.165) is 10.0 Å². The molecule has 1 aromatic carbocycles. The maximum absolute atomic E-state index is 10.7. The topological polar surface area (TPSA) is 46.5 Å². The van der Waals surface area contributed by atoms with Gasteiger partial charge in [0.1, 0.15) is 5.75 Å². The molecule has 0 aromatic heterocycles. The van der Waals surface area contributed by atoms with Crippen LogP contribution in [0.3, 0.4) is 0 Å². The van der Waals surface area contributed by atoms with Crippen LogP contribution in [0.4, 0.5) is 0 Å². The van der Waals surface area contributed by atoms with Crippen molar-refractivity contribution in [3.63, 3.8) is 0 Å². The highest BCUT2D eigenvalue weighted by atomic mass is 79.9. The number of hydrogen-bond acceptors (Lipinski definition) is 2. The summed E-state index contributed by atoms with van der Waals surface area (Å²) >= 11 is 3.45. The molecule has 0 heterocycles. The highest BCUT2D eigenvalue weighted by molar-refractivity contribution is 9.10. The van der Waals surface area contributed by atoms with Crippen molar-refractivity contribution in [3.8, 4) is 5.75 Å². The summed E-state index contributed by atoms with van der Waals surface area (Å²) in [5.74, 6) is 0.138. The van der Waals surface area contributed by atoms with E-state index in [1.807, 2.05) is 12.1 Å². The van der Waals surface area contributed by atoms with Crippen LogP contribution in [0, 0.1) is 0 Å². The number of carbonyl (C=O) groups is 1. The molecule has 4 heteroatoms. The fraction of sp³-hybridized carbons (Fsp3) is 0.417. The van der Waals surface area contributed by atoms with Crippen LogP contribution in [0.2, 0.25) is 0 Å². The Hall–Kier alpha value is -1.03. The average Bonchev–Trinajstić information content (AvgIpc) is 2.16. The maximum atomic E-state index is 10.7. The van der Waals surface area contributed by atoms with Crippen molar-refractivity contribution < 1.29 is 14.6 Å². The molecular weight excluding hydrogens is 272 g/mol. The van der Waals surface area contributed by atoms with Crippen LogP contribution in [-0.2, 0) is 11.2 Å². The van der Waals surface area contributed by atoms with E-state index in [9.17, 15) is 4.79 Å². The summed E-state index contributed by atoms with van der Waals surface area (Å²) in [6.07, 6.45) is -0.0276. The van der Waals surface area contributed by atoms with Gasteiger partial charge in [-0.15, -0.1) is 0 Å². The Morgan fingerprint density at radius 1 is 1.50 bits per heavy atom. The molecule has 1 aromatic rings. The molecule has 0 aliphatic carbocycles. The average molecular weight is 287 g/mol. The molecule has 0 saturated heterocycles. The summed E-state index contributed by atoms with van der Waals surface area (Å²) < 4.78 is 6.14. The summed E-state index contributed by atoms with van der Waals surface area (Å²) in [7, 11) is 1.55. The summed E-state index contributed by atoms with van der Waals surface area (Å²) in [6.45, 7) is 4.16. The van der Waals surface area contributed by atoms with Crippen molar-refractivity contribution in [1.29, 1.82) is 0 Å². The van der Waals surface area contributed by atoms with Gasteiger partial charge in [0.25, 0.3) is 0 Å². The minimum Gasteiger partial charge on any atom is -0.496 e. The highest BCUT2D eigenvalue weighted by Crippen LogP contribution is 2.32. The van der Waals surface area contributed by atoms with Crippen LogP contribution >= 0.6 is 15.9 Å². The van der Waals surface area contributed by atoms with Crippen LogP contribution in [0.1, 0.15) is 30.9 Å². The van der Waals surface area contributed by atoms with Gasteiger partial charge in [-0.1, -0.05) is 29.8 Å². The smallest absolute Gasteiger partial charge is 0.307 e. The van der Waals surface area contributed by atoms with Crippen molar-refractivity contribution >= 4 is 21.9 Å². The zero-order valence-electron chi connectivity index (χ0n) is 9.58. The molecule has 3 nitrogen and oxygen atoms in total. The quantitative estimate of drug-likeness (QED) is 0.925. The zero-order valence-corrected chi connectivity index (χ0v) is 11.2. The van der Waals surface area contributed by atoms with Crippen molar-refractivity contribution in [2.45, 2.75) is 26.2 Å². The highest BCUT2D eigenvalue weighted by Gasteiger charge is 2.13. The Morgan fingerprint density at radius 3 is 2.56 bits per heavy atom. The van der Waals surface area contributed by atoms with Crippen molar-refractivity contribution in [3.05, 3.63) is 27.7 Å². The molecule has 88 valence electrons. The summed E-state index contributed by atoms with van der Waals surface area (Å²) in [6, 6.07) is 3.72.